The number of aromatic hydroxyl groups is 1. The molecule has 7 rings (SSSR count). The Labute approximate surface area is 291 Å². The van der Waals surface area contributed by atoms with E-state index in [4.69, 9.17) is 4.74 Å². The Balaban J connectivity index is 0.896. The number of aryl methyl sites for hydroxylation is 1. The number of rotatable bonds is 9. The van der Waals surface area contributed by atoms with E-state index in [1.807, 2.05) is 13.1 Å². The van der Waals surface area contributed by atoms with E-state index in [1.54, 1.807) is 15.5 Å². The van der Waals surface area contributed by atoms with E-state index in [1.165, 1.54) is 23.8 Å². The van der Waals surface area contributed by atoms with Gasteiger partial charge in [0.25, 0.3) is 5.91 Å². The molecule has 1 atom stereocenters. The van der Waals surface area contributed by atoms with E-state index in [2.05, 4.69) is 32.8 Å². The van der Waals surface area contributed by atoms with E-state index in [-0.39, 0.29) is 48.6 Å². The number of likely N-dealkylation sites (tertiary alicyclic amines) is 1. The van der Waals surface area contributed by atoms with Crippen molar-refractivity contribution in [3.8, 4) is 11.5 Å². The number of hydrogen-bond donors (Lipinski definition) is 4. The molecule has 0 aliphatic carbocycles. The molecule has 0 spiro atoms. The molecule has 4 heterocycles. The molecule has 3 saturated heterocycles. The number of phenols is 1. The molecule has 1 unspecified atom stereocenters. The molecule has 3 aromatic carbocycles. The van der Waals surface area contributed by atoms with Crippen LogP contribution in [0.4, 0.5) is 10.1 Å². The number of fused-ring (bicyclic) bond motifs is 2. The molecule has 3 aliphatic heterocycles. The number of aromatic nitrogens is 2. The third-order valence-electron chi connectivity index (χ3n) is 9.67. The fourth-order valence-corrected chi connectivity index (χ4v) is 8.25. The largest absolute Gasteiger partial charge is 0.506 e. The number of benzene rings is 3. The van der Waals surface area contributed by atoms with Gasteiger partial charge in [-0.05, 0) is 73.5 Å². The van der Waals surface area contributed by atoms with E-state index in [0.717, 1.165) is 36.8 Å². The monoisotopic (exact) mass is 721 g/mol. The molecule has 0 saturated carbocycles. The SMILES string of the molecule is Cn1nc(C2CCC(=O)NC2=O)c2ccc(C3CCN(CC(=O)NCCOc4ccc5cc(O)c(N6CC(=O)NS6(=O)=O)c(F)c5c4)CC3)cc21. The van der Waals surface area contributed by atoms with Gasteiger partial charge in [0.2, 0.25) is 17.7 Å². The summed E-state index contributed by atoms with van der Waals surface area (Å²) in [5.41, 5.74) is 2.16. The first-order valence-corrected chi connectivity index (χ1v) is 18.0. The number of halogens is 1. The van der Waals surface area contributed by atoms with Crippen molar-refractivity contribution in [2.45, 2.75) is 37.5 Å². The molecule has 268 valence electrons. The fourth-order valence-electron chi connectivity index (χ4n) is 7.09. The number of anilines is 1. The minimum atomic E-state index is -4.34. The van der Waals surface area contributed by atoms with Crippen LogP contribution < -0.4 is 24.4 Å². The van der Waals surface area contributed by atoms with Crippen LogP contribution in [0.25, 0.3) is 21.7 Å². The van der Waals surface area contributed by atoms with Crippen molar-refractivity contribution < 1.29 is 41.8 Å². The summed E-state index contributed by atoms with van der Waals surface area (Å²) >= 11 is 0. The van der Waals surface area contributed by atoms with Crippen LogP contribution in [0.15, 0.2) is 42.5 Å². The predicted molar refractivity (Wildman–Crippen MR) is 183 cm³/mol. The van der Waals surface area contributed by atoms with Crippen LogP contribution in [0.5, 0.6) is 11.5 Å². The standard InChI is InChI=1S/C34H36FN7O8S/c1-40-26-14-20(3-5-23(26)32(38-40)24-6-7-28(44)37-34(24)47)19-8-11-41(12-9-19)17-29(45)36-10-13-50-22-4-2-21-15-27(43)33(31(35)25(21)16-22)42-18-30(46)39-51(42,48)49/h2-5,14-16,19,24,43H,6-13,17-18H2,1H3,(H,36,45)(H,39,46)(H,37,44,47). The number of carbonyl (C=O) groups excluding carboxylic acids is 4. The Morgan fingerprint density at radius 2 is 1.84 bits per heavy atom. The number of phenolic OH excluding ortho intramolecular Hbond substituents is 1. The van der Waals surface area contributed by atoms with Gasteiger partial charge in [-0.3, -0.25) is 34.1 Å². The Morgan fingerprint density at radius 1 is 1.06 bits per heavy atom. The molecule has 4 aromatic rings. The van der Waals surface area contributed by atoms with Gasteiger partial charge >= 0.3 is 10.2 Å². The summed E-state index contributed by atoms with van der Waals surface area (Å²) in [6, 6.07) is 11.9. The maximum Gasteiger partial charge on any atom is 0.326 e. The van der Waals surface area contributed by atoms with Gasteiger partial charge in [0.05, 0.1) is 30.2 Å². The Bertz CT molecular complexity index is 2200. The lowest BCUT2D eigenvalue weighted by Crippen LogP contribution is -2.42. The zero-order valence-corrected chi connectivity index (χ0v) is 28.5. The van der Waals surface area contributed by atoms with Crippen molar-refractivity contribution in [2.24, 2.45) is 7.05 Å². The summed E-state index contributed by atoms with van der Waals surface area (Å²) in [7, 11) is -2.49. The first kappa shape index (κ1) is 34.2. The van der Waals surface area contributed by atoms with Gasteiger partial charge in [-0.25, -0.2) is 13.4 Å². The first-order valence-electron chi connectivity index (χ1n) is 16.6. The van der Waals surface area contributed by atoms with Crippen molar-refractivity contribution >= 4 is 61.2 Å². The summed E-state index contributed by atoms with van der Waals surface area (Å²) in [6.07, 6.45) is 2.47. The van der Waals surface area contributed by atoms with Gasteiger partial charge in [-0.2, -0.15) is 13.5 Å². The number of nitrogens with one attached hydrogen (secondary N) is 3. The van der Waals surface area contributed by atoms with Crippen molar-refractivity contribution in [3.05, 3.63) is 59.5 Å². The number of nitrogens with zero attached hydrogens (tertiary/aromatic N) is 4. The number of carbonyl (C=O) groups is 4. The third kappa shape index (κ3) is 6.78. The minimum Gasteiger partial charge on any atom is -0.506 e. The third-order valence-corrected chi connectivity index (χ3v) is 11.0. The lowest BCUT2D eigenvalue weighted by atomic mass is 9.88. The highest BCUT2D eigenvalue weighted by Gasteiger charge is 2.38. The van der Waals surface area contributed by atoms with E-state index in [9.17, 15) is 32.7 Å². The predicted octanol–water partition coefficient (Wildman–Crippen LogP) is 1.65. The summed E-state index contributed by atoms with van der Waals surface area (Å²) in [6.45, 7) is 1.33. The summed E-state index contributed by atoms with van der Waals surface area (Å²) < 4.78 is 49.7. The highest BCUT2D eigenvalue weighted by atomic mass is 32.2. The van der Waals surface area contributed by atoms with Crippen LogP contribution in [-0.4, -0.2) is 91.2 Å². The van der Waals surface area contributed by atoms with Crippen LogP contribution >= 0.6 is 0 Å². The highest BCUT2D eigenvalue weighted by Crippen LogP contribution is 2.39. The molecule has 4 N–H and O–H groups in total. The fraction of sp³-hybridized carbons (Fsp3) is 0.382. The summed E-state index contributed by atoms with van der Waals surface area (Å²) in [5, 5.41) is 21.4. The second-order valence-electron chi connectivity index (χ2n) is 13.0. The highest BCUT2D eigenvalue weighted by molar-refractivity contribution is 7.92. The van der Waals surface area contributed by atoms with Gasteiger partial charge in [0.1, 0.15) is 30.3 Å². The van der Waals surface area contributed by atoms with Crippen LogP contribution in [0.3, 0.4) is 0 Å². The zero-order valence-electron chi connectivity index (χ0n) is 27.6. The molecular weight excluding hydrogens is 685 g/mol. The van der Waals surface area contributed by atoms with Crippen LogP contribution in [0, 0.1) is 5.82 Å². The second-order valence-corrected chi connectivity index (χ2v) is 14.6. The van der Waals surface area contributed by atoms with E-state index in [0.29, 0.717) is 34.1 Å². The first-order chi connectivity index (χ1) is 24.4. The number of ether oxygens (including phenoxy) is 1. The van der Waals surface area contributed by atoms with Gasteiger partial charge < -0.3 is 15.2 Å². The average molecular weight is 722 g/mol. The smallest absolute Gasteiger partial charge is 0.326 e. The second kappa shape index (κ2) is 13.4. The number of hydrogen-bond acceptors (Lipinski definition) is 10. The molecule has 4 amide bonds. The molecule has 17 heteroatoms. The van der Waals surface area contributed by atoms with Crippen LogP contribution in [-0.2, 0) is 36.4 Å². The Hall–Kier alpha value is -5.29. The van der Waals surface area contributed by atoms with Gasteiger partial charge in [-0.1, -0.05) is 18.2 Å². The molecule has 1 aromatic heterocycles. The van der Waals surface area contributed by atoms with Gasteiger partial charge in [0, 0.05) is 24.2 Å². The number of amides is 4. The van der Waals surface area contributed by atoms with Crippen molar-refractivity contribution in [1.29, 1.82) is 0 Å². The Kier molecular flexibility index (Phi) is 9.01. The molecular formula is C34H36FN7O8S. The maximum atomic E-state index is 15.5. The van der Waals surface area contributed by atoms with E-state index >= 15 is 4.39 Å². The normalized spacial score (nSPS) is 19.8. The molecule has 15 nitrogen and oxygen atoms in total. The number of piperidine rings is 2. The Morgan fingerprint density at radius 3 is 2.57 bits per heavy atom. The van der Waals surface area contributed by atoms with Crippen LogP contribution in [0.1, 0.15) is 48.8 Å². The average Bonchev–Trinajstić information content (AvgIpc) is 3.56. The van der Waals surface area contributed by atoms with Crippen molar-refractivity contribution in [3.63, 3.8) is 0 Å². The maximum absolute atomic E-state index is 15.5. The van der Waals surface area contributed by atoms with E-state index < -0.39 is 45.8 Å². The van der Waals surface area contributed by atoms with Crippen molar-refractivity contribution in [1.82, 2.24) is 30.0 Å². The molecule has 51 heavy (non-hydrogen) atoms. The summed E-state index contributed by atoms with van der Waals surface area (Å²) in [4.78, 5) is 50.5. The van der Waals surface area contributed by atoms with Crippen molar-refractivity contribution in [2.75, 3.05) is 43.6 Å². The van der Waals surface area contributed by atoms with Crippen LogP contribution in [0.2, 0.25) is 0 Å². The molecule has 3 fully saturated rings. The molecule has 0 radical (unpaired) electrons. The lowest BCUT2D eigenvalue weighted by Gasteiger charge is -2.31. The quantitative estimate of drug-likeness (QED) is 0.146. The summed E-state index contributed by atoms with van der Waals surface area (Å²) in [5.74, 6) is -3.10. The van der Waals surface area contributed by atoms with Gasteiger partial charge in [-0.15, -0.1) is 0 Å². The molecule has 0 bridgehead atoms. The molecule has 3 aliphatic rings. The topological polar surface area (TPSA) is 192 Å². The zero-order chi connectivity index (χ0) is 36.0. The number of imide groups is 1. The lowest BCUT2D eigenvalue weighted by molar-refractivity contribution is -0.134. The minimum absolute atomic E-state index is 0.0143. The van der Waals surface area contributed by atoms with Gasteiger partial charge in [0.15, 0.2) is 5.82 Å².